The number of likely N-dealkylation sites (tertiary alicyclic amines) is 1. The Kier molecular flexibility index (Phi) is 2.08. The van der Waals surface area contributed by atoms with Crippen LogP contribution < -0.4 is 0 Å². The fraction of sp³-hybridized carbons (Fsp3) is 0.500. The minimum atomic E-state index is 0.148. The second-order valence-corrected chi connectivity index (χ2v) is 3.71. The summed E-state index contributed by atoms with van der Waals surface area (Å²) in [5, 5.41) is 0. The van der Waals surface area contributed by atoms with E-state index in [-0.39, 0.29) is 5.91 Å². The van der Waals surface area contributed by atoms with Gasteiger partial charge in [-0.1, -0.05) is 0 Å². The summed E-state index contributed by atoms with van der Waals surface area (Å²) in [5.74, 6) is 0.148. The second kappa shape index (κ2) is 3.23. The largest absolute Gasteiger partial charge is 0.338 e. The lowest BCUT2D eigenvalue weighted by atomic mass is 10.4. The van der Waals surface area contributed by atoms with Gasteiger partial charge in [0.1, 0.15) is 4.88 Å². The number of carbonyl (C=O) groups is 1. The predicted octanol–water partition coefficient (Wildman–Crippen LogP) is 1.38. The molecule has 1 aromatic heterocycles. The summed E-state index contributed by atoms with van der Waals surface area (Å²) >= 11 is 1.28. The van der Waals surface area contributed by atoms with E-state index >= 15 is 0 Å². The Labute approximate surface area is 75.2 Å². The summed E-state index contributed by atoms with van der Waals surface area (Å²) < 4.78 is 3.91. The normalized spacial score (nSPS) is 16.8. The molecule has 0 atom stereocenters. The Morgan fingerprint density at radius 1 is 1.50 bits per heavy atom. The van der Waals surface area contributed by atoms with E-state index in [1.807, 2.05) is 4.90 Å². The van der Waals surface area contributed by atoms with Crippen molar-refractivity contribution in [2.75, 3.05) is 13.1 Å². The Morgan fingerprint density at radius 3 is 2.83 bits per heavy atom. The highest BCUT2D eigenvalue weighted by atomic mass is 32.1. The highest BCUT2D eigenvalue weighted by Gasteiger charge is 2.19. The molecule has 12 heavy (non-hydrogen) atoms. The van der Waals surface area contributed by atoms with Gasteiger partial charge >= 0.3 is 0 Å². The number of nitrogens with zero attached hydrogens (tertiary/aromatic N) is 2. The quantitative estimate of drug-likeness (QED) is 0.657. The minimum absolute atomic E-state index is 0.148. The maximum atomic E-state index is 11.6. The van der Waals surface area contributed by atoms with E-state index < -0.39 is 0 Å². The number of amides is 1. The van der Waals surface area contributed by atoms with Crippen LogP contribution in [-0.4, -0.2) is 28.3 Å². The Balaban J connectivity index is 2.09. The van der Waals surface area contributed by atoms with Gasteiger partial charge in [0.15, 0.2) is 0 Å². The van der Waals surface area contributed by atoms with Crippen molar-refractivity contribution in [3.63, 3.8) is 0 Å². The van der Waals surface area contributed by atoms with Crippen LogP contribution in [0.2, 0.25) is 0 Å². The first-order chi connectivity index (χ1) is 5.88. The summed E-state index contributed by atoms with van der Waals surface area (Å²) in [6, 6.07) is 1.78. The average Bonchev–Trinajstić information content (AvgIpc) is 2.77. The summed E-state index contributed by atoms with van der Waals surface area (Å²) in [7, 11) is 0. The molecule has 0 unspecified atom stereocenters. The molecule has 64 valence electrons. The van der Waals surface area contributed by atoms with E-state index in [0.29, 0.717) is 0 Å². The van der Waals surface area contributed by atoms with Crippen LogP contribution in [0, 0.1) is 0 Å². The number of hydrogen-bond acceptors (Lipinski definition) is 3. The summed E-state index contributed by atoms with van der Waals surface area (Å²) in [6.07, 6.45) is 3.96. The number of aromatic nitrogens is 1. The SMILES string of the molecule is O=C(c1ccns1)N1CCCC1. The zero-order valence-electron chi connectivity index (χ0n) is 6.69. The van der Waals surface area contributed by atoms with Gasteiger partial charge in [-0.2, -0.15) is 0 Å². The van der Waals surface area contributed by atoms with Crippen LogP contribution in [0.4, 0.5) is 0 Å². The molecular formula is C8H10N2OS. The van der Waals surface area contributed by atoms with E-state index in [1.54, 1.807) is 12.3 Å². The van der Waals surface area contributed by atoms with Gasteiger partial charge in [-0.15, -0.1) is 0 Å². The van der Waals surface area contributed by atoms with Crippen molar-refractivity contribution >= 4 is 17.4 Å². The third-order valence-corrected chi connectivity index (χ3v) is 2.78. The molecule has 1 aromatic rings. The average molecular weight is 182 g/mol. The molecule has 2 heterocycles. The molecule has 0 aliphatic carbocycles. The molecule has 1 fully saturated rings. The van der Waals surface area contributed by atoms with Crippen LogP contribution in [0.3, 0.4) is 0 Å². The van der Waals surface area contributed by atoms with Crippen molar-refractivity contribution in [2.24, 2.45) is 0 Å². The molecule has 2 rings (SSSR count). The van der Waals surface area contributed by atoms with Gasteiger partial charge in [0.05, 0.1) is 0 Å². The lowest BCUT2D eigenvalue weighted by Crippen LogP contribution is -2.26. The predicted molar refractivity (Wildman–Crippen MR) is 47.3 cm³/mol. The van der Waals surface area contributed by atoms with Gasteiger partial charge in [0, 0.05) is 19.3 Å². The highest BCUT2D eigenvalue weighted by Crippen LogP contribution is 2.14. The molecule has 3 nitrogen and oxygen atoms in total. The van der Waals surface area contributed by atoms with Crippen molar-refractivity contribution in [1.82, 2.24) is 9.27 Å². The highest BCUT2D eigenvalue weighted by molar-refractivity contribution is 7.08. The van der Waals surface area contributed by atoms with Crippen molar-refractivity contribution in [2.45, 2.75) is 12.8 Å². The van der Waals surface area contributed by atoms with E-state index in [1.165, 1.54) is 11.5 Å². The van der Waals surface area contributed by atoms with E-state index in [0.717, 1.165) is 30.8 Å². The summed E-state index contributed by atoms with van der Waals surface area (Å²) in [5.41, 5.74) is 0. The minimum Gasteiger partial charge on any atom is -0.338 e. The first kappa shape index (κ1) is 7.73. The van der Waals surface area contributed by atoms with Crippen LogP contribution in [0.15, 0.2) is 12.3 Å². The third kappa shape index (κ3) is 1.34. The lowest BCUT2D eigenvalue weighted by Gasteiger charge is -2.12. The van der Waals surface area contributed by atoms with Crippen LogP contribution in [0.5, 0.6) is 0 Å². The Morgan fingerprint density at radius 2 is 2.25 bits per heavy atom. The molecule has 1 amide bonds. The van der Waals surface area contributed by atoms with Gasteiger partial charge in [-0.05, 0) is 30.4 Å². The van der Waals surface area contributed by atoms with Crippen LogP contribution in [0.25, 0.3) is 0 Å². The van der Waals surface area contributed by atoms with Crippen LogP contribution in [-0.2, 0) is 0 Å². The first-order valence-corrected chi connectivity index (χ1v) is 4.85. The zero-order valence-corrected chi connectivity index (χ0v) is 7.51. The van der Waals surface area contributed by atoms with Crippen molar-refractivity contribution in [3.8, 4) is 0 Å². The fourth-order valence-corrected chi connectivity index (χ4v) is 1.97. The molecule has 0 aromatic carbocycles. The van der Waals surface area contributed by atoms with Gasteiger partial charge < -0.3 is 4.90 Å². The monoisotopic (exact) mass is 182 g/mol. The summed E-state index contributed by atoms with van der Waals surface area (Å²) in [6.45, 7) is 1.83. The molecular weight excluding hydrogens is 172 g/mol. The number of rotatable bonds is 1. The van der Waals surface area contributed by atoms with E-state index in [9.17, 15) is 4.79 Å². The molecule has 1 saturated heterocycles. The molecule has 0 saturated carbocycles. The lowest BCUT2D eigenvalue weighted by molar-refractivity contribution is 0.0797. The Hall–Kier alpha value is -0.900. The third-order valence-electron chi connectivity index (χ3n) is 2.04. The van der Waals surface area contributed by atoms with E-state index in [4.69, 9.17) is 0 Å². The number of carbonyl (C=O) groups excluding carboxylic acids is 1. The molecule has 1 aliphatic heterocycles. The first-order valence-electron chi connectivity index (χ1n) is 4.08. The molecule has 0 N–H and O–H groups in total. The van der Waals surface area contributed by atoms with Crippen LogP contribution >= 0.6 is 11.5 Å². The maximum Gasteiger partial charge on any atom is 0.265 e. The molecule has 0 radical (unpaired) electrons. The fourth-order valence-electron chi connectivity index (χ4n) is 1.40. The standard InChI is InChI=1S/C8H10N2OS/c11-8(7-3-4-9-12-7)10-5-1-2-6-10/h3-4H,1-2,5-6H2. The molecule has 1 aliphatic rings. The van der Waals surface area contributed by atoms with Crippen molar-refractivity contribution in [1.29, 1.82) is 0 Å². The van der Waals surface area contributed by atoms with Crippen molar-refractivity contribution in [3.05, 3.63) is 17.1 Å². The van der Waals surface area contributed by atoms with Gasteiger partial charge in [0.25, 0.3) is 5.91 Å². The second-order valence-electron chi connectivity index (χ2n) is 2.88. The van der Waals surface area contributed by atoms with E-state index in [2.05, 4.69) is 4.37 Å². The smallest absolute Gasteiger partial charge is 0.265 e. The molecule has 4 heteroatoms. The van der Waals surface area contributed by atoms with Gasteiger partial charge in [0.2, 0.25) is 0 Å². The summed E-state index contributed by atoms with van der Waals surface area (Å²) in [4.78, 5) is 14.3. The molecule has 0 spiro atoms. The Bertz CT molecular complexity index is 265. The zero-order chi connectivity index (χ0) is 8.39. The molecule has 0 bridgehead atoms. The maximum absolute atomic E-state index is 11.6. The van der Waals surface area contributed by atoms with Crippen molar-refractivity contribution < 1.29 is 4.79 Å². The topological polar surface area (TPSA) is 33.2 Å². The number of hydrogen-bond donors (Lipinski definition) is 0. The van der Waals surface area contributed by atoms with Crippen LogP contribution in [0.1, 0.15) is 22.5 Å². The van der Waals surface area contributed by atoms with Gasteiger partial charge in [-0.3, -0.25) is 4.79 Å². The van der Waals surface area contributed by atoms with Gasteiger partial charge in [-0.25, -0.2) is 4.37 Å².